The highest BCUT2D eigenvalue weighted by molar-refractivity contribution is 9.10. The van der Waals surface area contributed by atoms with Crippen molar-refractivity contribution in [2.75, 3.05) is 6.61 Å². The fourth-order valence-electron chi connectivity index (χ4n) is 0.998. The third-order valence-corrected chi connectivity index (χ3v) is 2.24. The molecule has 0 saturated heterocycles. The van der Waals surface area contributed by atoms with E-state index in [0.717, 1.165) is 4.47 Å². The molecule has 0 aliphatic heterocycles. The van der Waals surface area contributed by atoms with Crippen molar-refractivity contribution in [1.82, 2.24) is 5.43 Å². The van der Waals surface area contributed by atoms with Crippen molar-refractivity contribution in [2.45, 2.75) is 6.92 Å². The molecule has 1 amide bonds. The van der Waals surface area contributed by atoms with Gasteiger partial charge < -0.3 is 4.74 Å². The molecule has 0 aromatic heterocycles. The molecule has 3 N–H and O–H groups in total. The predicted octanol–water partition coefficient (Wildman–Crippen LogP) is 1.45. The van der Waals surface area contributed by atoms with Gasteiger partial charge in [0.25, 0.3) is 5.91 Å². The maximum atomic E-state index is 11.1. The molecule has 14 heavy (non-hydrogen) atoms. The number of ether oxygens (including phenoxy) is 1. The van der Waals surface area contributed by atoms with E-state index in [0.29, 0.717) is 17.9 Å². The van der Waals surface area contributed by atoms with Crippen LogP contribution in [0.15, 0.2) is 22.7 Å². The number of carbonyl (C=O) groups excluding carboxylic acids is 1. The van der Waals surface area contributed by atoms with Crippen molar-refractivity contribution in [2.24, 2.45) is 5.84 Å². The number of hydrazine groups is 1. The van der Waals surface area contributed by atoms with Crippen molar-refractivity contribution >= 4 is 21.8 Å². The van der Waals surface area contributed by atoms with Crippen LogP contribution in [0.1, 0.15) is 17.3 Å². The normalized spacial score (nSPS) is 9.64. The number of hydrogen-bond donors (Lipinski definition) is 2. The van der Waals surface area contributed by atoms with Crippen LogP contribution in [0.3, 0.4) is 0 Å². The van der Waals surface area contributed by atoms with Crippen LogP contribution in [0.4, 0.5) is 0 Å². The summed E-state index contributed by atoms with van der Waals surface area (Å²) in [5.74, 6) is 5.39. The zero-order valence-electron chi connectivity index (χ0n) is 7.71. The van der Waals surface area contributed by atoms with E-state index in [1.807, 2.05) is 6.92 Å². The van der Waals surface area contributed by atoms with Crippen LogP contribution in [0, 0.1) is 0 Å². The summed E-state index contributed by atoms with van der Waals surface area (Å²) in [5, 5.41) is 0. The minimum Gasteiger partial charge on any atom is -0.493 e. The molecule has 0 heterocycles. The Labute approximate surface area is 90.5 Å². The highest BCUT2D eigenvalue weighted by Crippen LogP contribution is 2.25. The van der Waals surface area contributed by atoms with E-state index >= 15 is 0 Å². The van der Waals surface area contributed by atoms with Crippen LogP contribution in [0.25, 0.3) is 0 Å². The lowest BCUT2D eigenvalue weighted by molar-refractivity contribution is 0.0953. The zero-order chi connectivity index (χ0) is 10.6. The maximum Gasteiger partial charge on any atom is 0.265 e. The van der Waals surface area contributed by atoms with E-state index in [1.54, 1.807) is 18.2 Å². The van der Waals surface area contributed by atoms with Gasteiger partial charge in [-0.3, -0.25) is 10.2 Å². The summed E-state index contributed by atoms with van der Waals surface area (Å²) in [7, 11) is 0. The number of benzene rings is 1. The molecule has 0 fully saturated rings. The van der Waals surface area contributed by atoms with Crippen molar-refractivity contribution in [3.8, 4) is 5.75 Å². The predicted molar refractivity (Wildman–Crippen MR) is 57.0 cm³/mol. The van der Waals surface area contributed by atoms with Gasteiger partial charge >= 0.3 is 0 Å². The lowest BCUT2D eigenvalue weighted by Crippen LogP contribution is -2.29. The molecule has 0 bridgehead atoms. The number of hydrogen-bond acceptors (Lipinski definition) is 3. The summed E-state index contributed by atoms with van der Waals surface area (Å²) in [5.41, 5.74) is 2.55. The van der Waals surface area contributed by atoms with Crippen LogP contribution in [0.2, 0.25) is 0 Å². The van der Waals surface area contributed by atoms with Gasteiger partial charge in [0, 0.05) is 5.56 Å². The molecule has 4 nitrogen and oxygen atoms in total. The van der Waals surface area contributed by atoms with Crippen LogP contribution in [-0.4, -0.2) is 12.5 Å². The third-order valence-electron chi connectivity index (χ3n) is 1.63. The van der Waals surface area contributed by atoms with E-state index in [-0.39, 0.29) is 5.91 Å². The third kappa shape index (κ3) is 2.46. The van der Waals surface area contributed by atoms with E-state index in [9.17, 15) is 4.79 Å². The SMILES string of the molecule is CCOc1ccc(C(=O)NN)cc1Br. The summed E-state index contributed by atoms with van der Waals surface area (Å²) < 4.78 is 6.03. The van der Waals surface area contributed by atoms with Gasteiger partial charge in [0.1, 0.15) is 5.75 Å². The number of nitrogen functional groups attached to an aromatic ring is 1. The molecule has 0 unspecified atom stereocenters. The second-order valence-electron chi connectivity index (χ2n) is 2.55. The van der Waals surface area contributed by atoms with E-state index < -0.39 is 0 Å². The quantitative estimate of drug-likeness (QED) is 0.490. The minimum atomic E-state index is -0.325. The first-order valence-electron chi connectivity index (χ1n) is 4.12. The minimum absolute atomic E-state index is 0.325. The van der Waals surface area contributed by atoms with Crippen LogP contribution >= 0.6 is 15.9 Å². The highest BCUT2D eigenvalue weighted by atomic mass is 79.9. The van der Waals surface area contributed by atoms with Gasteiger partial charge in [-0.25, -0.2) is 5.84 Å². The van der Waals surface area contributed by atoms with Crippen molar-refractivity contribution in [1.29, 1.82) is 0 Å². The lowest BCUT2D eigenvalue weighted by atomic mass is 10.2. The molecule has 0 spiro atoms. The van der Waals surface area contributed by atoms with Crippen molar-refractivity contribution in [3.63, 3.8) is 0 Å². The molecule has 1 aromatic rings. The van der Waals surface area contributed by atoms with Gasteiger partial charge in [-0.05, 0) is 41.1 Å². The molecule has 0 radical (unpaired) electrons. The Morgan fingerprint density at radius 1 is 1.64 bits per heavy atom. The fourth-order valence-corrected chi connectivity index (χ4v) is 1.49. The number of halogens is 1. The van der Waals surface area contributed by atoms with Gasteiger partial charge in [0.15, 0.2) is 0 Å². The lowest BCUT2D eigenvalue weighted by Gasteiger charge is -2.06. The molecule has 1 rings (SSSR count). The average Bonchev–Trinajstić information content (AvgIpc) is 2.20. The first-order valence-corrected chi connectivity index (χ1v) is 4.91. The maximum absolute atomic E-state index is 11.1. The van der Waals surface area contributed by atoms with Gasteiger partial charge in [0.05, 0.1) is 11.1 Å². The van der Waals surface area contributed by atoms with Gasteiger partial charge in [0.2, 0.25) is 0 Å². The molecule has 1 aromatic carbocycles. The fraction of sp³-hybridized carbons (Fsp3) is 0.222. The van der Waals surface area contributed by atoms with Crippen LogP contribution < -0.4 is 16.0 Å². The zero-order valence-corrected chi connectivity index (χ0v) is 9.30. The van der Waals surface area contributed by atoms with Crippen LogP contribution in [0.5, 0.6) is 5.75 Å². The number of nitrogens with one attached hydrogen (secondary N) is 1. The Bertz CT molecular complexity index is 342. The average molecular weight is 259 g/mol. The Hall–Kier alpha value is -1.07. The standard InChI is InChI=1S/C9H11BrN2O2/c1-2-14-8-4-3-6(5-7(8)10)9(13)12-11/h3-5H,2,11H2,1H3,(H,12,13). The summed E-state index contributed by atoms with van der Waals surface area (Å²) in [6, 6.07) is 5.03. The molecule has 0 aliphatic rings. The number of amides is 1. The summed E-state index contributed by atoms with van der Waals surface area (Å²) in [6.07, 6.45) is 0. The summed E-state index contributed by atoms with van der Waals surface area (Å²) in [6.45, 7) is 2.48. The van der Waals surface area contributed by atoms with E-state index in [1.165, 1.54) is 0 Å². The molecule has 0 aliphatic carbocycles. The second kappa shape index (κ2) is 4.97. The van der Waals surface area contributed by atoms with Gasteiger partial charge in [-0.1, -0.05) is 0 Å². The number of carbonyl (C=O) groups is 1. The monoisotopic (exact) mass is 258 g/mol. The molecule has 0 saturated carbocycles. The Morgan fingerprint density at radius 2 is 2.36 bits per heavy atom. The Morgan fingerprint density at radius 3 is 2.86 bits per heavy atom. The van der Waals surface area contributed by atoms with Gasteiger partial charge in [-0.2, -0.15) is 0 Å². The molecule has 0 atom stereocenters. The topological polar surface area (TPSA) is 64.3 Å². The molecule has 5 heteroatoms. The van der Waals surface area contributed by atoms with Crippen LogP contribution in [-0.2, 0) is 0 Å². The first-order chi connectivity index (χ1) is 6.69. The number of rotatable bonds is 3. The molecular weight excluding hydrogens is 248 g/mol. The van der Waals surface area contributed by atoms with Gasteiger partial charge in [-0.15, -0.1) is 0 Å². The Kier molecular flexibility index (Phi) is 3.91. The second-order valence-corrected chi connectivity index (χ2v) is 3.41. The van der Waals surface area contributed by atoms with Crippen molar-refractivity contribution in [3.05, 3.63) is 28.2 Å². The summed E-state index contributed by atoms with van der Waals surface area (Å²) in [4.78, 5) is 11.1. The smallest absolute Gasteiger partial charge is 0.265 e. The summed E-state index contributed by atoms with van der Waals surface area (Å²) >= 11 is 3.30. The first kappa shape index (κ1) is 11.0. The highest BCUT2D eigenvalue weighted by Gasteiger charge is 2.07. The van der Waals surface area contributed by atoms with E-state index in [4.69, 9.17) is 10.6 Å². The molecule has 76 valence electrons. The van der Waals surface area contributed by atoms with E-state index in [2.05, 4.69) is 21.4 Å². The Balaban J connectivity index is 2.94. The number of nitrogens with two attached hydrogens (primary N) is 1. The molecular formula is C9H11BrN2O2. The largest absolute Gasteiger partial charge is 0.493 e. The van der Waals surface area contributed by atoms with Crippen molar-refractivity contribution < 1.29 is 9.53 Å².